The molecule has 0 atom stereocenters. The molecule has 62 valence electrons. The van der Waals surface area contributed by atoms with Crippen LogP contribution >= 0.6 is 0 Å². The van der Waals surface area contributed by atoms with E-state index in [-0.39, 0.29) is 6.61 Å². The number of aromatic nitrogens is 1. The number of aliphatic hydroxyl groups excluding tert-OH is 1. The van der Waals surface area contributed by atoms with E-state index in [1.165, 1.54) is 0 Å². The summed E-state index contributed by atoms with van der Waals surface area (Å²) in [6.07, 6.45) is 0. The Hall–Kier alpha value is -0.870. The molecule has 0 radical (unpaired) electrons. The number of hydrogen-bond donors (Lipinski definition) is 2. The van der Waals surface area contributed by atoms with Crippen molar-refractivity contribution in [2.24, 2.45) is 0 Å². The van der Waals surface area contributed by atoms with Gasteiger partial charge < -0.3 is 14.9 Å². The largest absolute Gasteiger partial charge is 0.395 e. The fourth-order valence-corrected chi connectivity index (χ4v) is 0.790. The van der Waals surface area contributed by atoms with Crippen LogP contribution < -0.4 is 5.32 Å². The lowest BCUT2D eigenvalue weighted by Crippen LogP contribution is -2.16. The molecule has 0 bridgehead atoms. The molecule has 1 aromatic heterocycles. The van der Waals surface area contributed by atoms with E-state index in [0.717, 1.165) is 11.5 Å². The average Bonchev–Trinajstić information content (AvgIpc) is 2.37. The van der Waals surface area contributed by atoms with Crippen molar-refractivity contribution >= 4 is 0 Å². The highest BCUT2D eigenvalue weighted by atomic mass is 16.5. The van der Waals surface area contributed by atoms with Gasteiger partial charge in [0.15, 0.2) is 5.76 Å². The van der Waals surface area contributed by atoms with E-state index < -0.39 is 0 Å². The van der Waals surface area contributed by atoms with Gasteiger partial charge in [-0.15, -0.1) is 0 Å². The maximum Gasteiger partial charge on any atom is 0.150 e. The Morgan fingerprint density at radius 2 is 2.55 bits per heavy atom. The van der Waals surface area contributed by atoms with E-state index >= 15 is 0 Å². The second-order valence-corrected chi connectivity index (χ2v) is 2.33. The summed E-state index contributed by atoms with van der Waals surface area (Å²) in [5.74, 6) is 0.802. The normalized spacial score (nSPS) is 10.4. The Bertz CT molecular complexity index is 210. The average molecular weight is 156 g/mol. The maximum atomic E-state index is 8.44. The topological polar surface area (TPSA) is 58.3 Å². The minimum absolute atomic E-state index is 0.146. The predicted molar refractivity (Wildman–Crippen MR) is 40.0 cm³/mol. The van der Waals surface area contributed by atoms with Crippen molar-refractivity contribution in [2.75, 3.05) is 13.2 Å². The van der Waals surface area contributed by atoms with Crippen LogP contribution in [0.15, 0.2) is 10.6 Å². The van der Waals surface area contributed by atoms with Gasteiger partial charge in [0.2, 0.25) is 0 Å². The summed E-state index contributed by atoms with van der Waals surface area (Å²) in [7, 11) is 0. The first-order valence-corrected chi connectivity index (χ1v) is 3.56. The van der Waals surface area contributed by atoms with Gasteiger partial charge in [0.25, 0.3) is 0 Å². The van der Waals surface area contributed by atoms with Gasteiger partial charge in [-0.3, -0.25) is 0 Å². The van der Waals surface area contributed by atoms with E-state index in [1.54, 1.807) is 0 Å². The molecule has 0 saturated heterocycles. The lowest BCUT2D eigenvalue weighted by atomic mass is 10.4. The first-order valence-electron chi connectivity index (χ1n) is 3.56. The van der Waals surface area contributed by atoms with E-state index in [4.69, 9.17) is 9.63 Å². The first-order chi connectivity index (χ1) is 5.33. The SMILES string of the molecule is Cc1cc(CNCCO)on1. The number of nitrogens with zero attached hydrogens (tertiary/aromatic N) is 1. The van der Waals surface area contributed by atoms with Crippen molar-refractivity contribution < 1.29 is 9.63 Å². The van der Waals surface area contributed by atoms with Gasteiger partial charge in [0.1, 0.15) is 0 Å². The lowest BCUT2D eigenvalue weighted by molar-refractivity contribution is 0.287. The molecule has 0 aromatic carbocycles. The third kappa shape index (κ3) is 2.69. The third-order valence-corrected chi connectivity index (χ3v) is 1.26. The zero-order chi connectivity index (χ0) is 8.10. The Balaban J connectivity index is 2.27. The highest BCUT2D eigenvalue weighted by Gasteiger charge is 1.97. The molecule has 2 N–H and O–H groups in total. The van der Waals surface area contributed by atoms with Crippen molar-refractivity contribution in [2.45, 2.75) is 13.5 Å². The van der Waals surface area contributed by atoms with Gasteiger partial charge >= 0.3 is 0 Å². The van der Waals surface area contributed by atoms with Gasteiger partial charge in [0.05, 0.1) is 18.8 Å². The van der Waals surface area contributed by atoms with Crippen molar-refractivity contribution in [3.63, 3.8) is 0 Å². The van der Waals surface area contributed by atoms with Crippen LogP contribution in [-0.2, 0) is 6.54 Å². The second-order valence-electron chi connectivity index (χ2n) is 2.33. The van der Waals surface area contributed by atoms with E-state index in [1.807, 2.05) is 13.0 Å². The van der Waals surface area contributed by atoms with Crippen LogP contribution in [0, 0.1) is 6.92 Å². The van der Waals surface area contributed by atoms with Crippen LogP contribution in [0.2, 0.25) is 0 Å². The van der Waals surface area contributed by atoms with Gasteiger partial charge in [-0.1, -0.05) is 5.16 Å². The monoisotopic (exact) mass is 156 g/mol. The summed E-state index contributed by atoms with van der Waals surface area (Å²) in [6.45, 7) is 3.23. The summed E-state index contributed by atoms with van der Waals surface area (Å²) >= 11 is 0. The highest BCUT2D eigenvalue weighted by Crippen LogP contribution is 2.00. The Labute approximate surface area is 65.2 Å². The summed E-state index contributed by atoms with van der Waals surface area (Å²) < 4.78 is 4.92. The summed E-state index contributed by atoms with van der Waals surface area (Å²) in [4.78, 5) is 0. The van der Waals surface area contributed by atoms with Crippen molar-refractivity contribution in [1.29, 1.82) is 0 Å². The molecule has 1 heterocycles. The Kier molecular flexibility index (Phi) is 3.07. The van der Waals surface area contributed by atoms with Gasteiger partial charge in [0, 0.05) is 12.6 Å². The van der Waals surface area contributed by atoms with Crippen LogP contribution in [0.1, 0.15) is 11.5 Å². The van der Waals surface area contributed by atoms with Crippen molar-refractivity contribution in [3.05, 3.63) is 17.5 Å². The molecule has 11 heavy (non-hydrogen) atoms. The molecule has 0 amide bonds. The summed E-state index contributed by atoms with van der Waals surface area (Å²) in [5, 5.41) is 15.1. The molecule has 4 nitrogen and oxygen atoms in total. The van der Waals surface area contributed by atoms with Gasteiger partial charge in [-0.2, -0.15) is 0 Å². The standard InChI is InChI=1S/C7H12N2O2/c1-6-4-7(11-9-6)5-8-2-3-10/h4,8,10H,2-3,5H2,1H3. The summed E-state index contributed by atoms with van der Waals surface area (Å²) in [6, 6.07) is 1.87. The number of nitrogens with one attached hydrogen (secondary N) is 1. The molecule has 1 aromatic rings. The molecule has 0 aliphatic rings. The summed E-state index contributed by atoms with van der Waals surface area (Å²) in [5.41, 5.74) is 0.880. The van der Waals surface area contributed by atoms with Crippen LogP contribution in [0.25, 0.3) is 0 Å². The number of aryl methyl sites for hydroxylation is 1. The van der Waals surface area contributed by atoms with Gasteiger partial charge in [-0.25, -0.2) is 0 Å². The zero-order valence-electron chi connectivity index (χ0n) is 6.50. The fourth-order valence-electron chi connectivity index (χ4n) is 0.790. The quantitative estimate of drug-likeness (QED) is 0.605. The number of aliphatic hydroxyl groups is 1. The molecule has 0 unspecified atom stereocenters. The zero-order valence-corrected chi connectivity index (χ0v) is 6.50. The molecule has 0 aliphatic carbocycles. The molecule has 0 spiro atoms. The van der Waals surface area contributed by atoms with Gasteiger partial charge in [-0.05, 0) is 6.92 Å². The van der Waals surface area contributed by atoms with Crippen LogP contribution in [0.5, 0.6) is 0 Å². The van der Waals surface area contributed by atoms with E-state index in [0.29, 0.717) is 13.1 Å². The highest BCUT2D eigenvalue weighted by molar-refractivity contribution is 5.02. The van der Waals surface area contributed by atoms with Crippen LogP contribution in [0.4, 0.5) is 0 Å². The fraction of sp³-hybridized carbons (Fsp3) is 0.571. The number of rotatable bonds is 4. The number of hydrogen-bond acceptors (Lipinski definition) is 4. The smallest absolute Gasteiger partial charge is 0.150 e. The minimum atomic E-state index is 0.146. The third-order valence-electron chi connectivity index (χ3n) is 1.26. The Morgan fingerprint density at radius 1 is 1.73 bits per heavy atom. The molecule has 0 aliphatic heterocycles. The Morgan fingerprint density at radius 3 is 3.09 bits per heavy atom. The molecular weight excluding hydrogens is 144 g/mol. The minimum Gasteiger partial charge on any atom is -0.395 e. The van der Waals surface area contributed by atoms with E-state index in [9.17, 15) is 0 Å². The first kappa shape index (κ1) is 8.23. The lowest BCUT2D eigenvalue weighted by Gasteiger charge is -1.95. The second kappa shape index (κ2) is 4.10. The molecular formula is C7H12N2O2. The van der Waals surface area contributed by atoms with Crippen LogP contribution in [0.3, 0.4) is 0 Å². The van der Waals surface area contributed by atoms with Crippen molar-refractivity contribution in [3.8, 4) is 0 Å². The molecule has 1 rings (SSSR count). The predicted octanol–water partition coefficient (Wildman–Crippen LogP) is 0.0649. The van der Waals surface area contributed by atoms with Crippen LogP contribution in [-0.4, -0.2) is 23.4 Å². The molecule has 0 saturated carbocycles. The van der Waals surface area contributed by atoms with Crippen molar-refractivity contribution in [1.82, 2.24) is 10.5 Å². The molecule has 4 heteroatoms. The van der Waals surface area contributed by atoms with E-state index in [2.05, 4.69) is 10.5 Å². The maximum absolute atomic E-state index is 8.44. The molecule has 0 fully saturated rings.